The zero-order chi connectivity index (χ0) is 24.6. The van der Waals surface area contributed by atoms with Crippen LogP contribution >= 0.6 is 0 Å². The van der Waals surface area contributed by atoms with Crippen molar-refractivity contribution >= 4 is 0 Å². The first-order valence-electron chi connectivity index (χ1n) is 13.5. The van der Waals surface area contributed by atoms with E-state index in [0.717, 1.165) is 67.6 Å². The standard InChI is InChI=1S/C31H44O4/c1-2-3-4-5-6-7-8-13-20-31(32)21-18-27-14-9-11-16-29(27)34-25-23-33-24-26-35-30-17-12-10-15-28(30)19-22-31/h2,9-12,14-17,32H,1,3-8,13,18-26H2. The Labute approximate surface area is 212 Å². The molecule has 0 amide bonds. The summed E-state index contributed by atoms with van der Waals surface area (Å²) in [7, 11) is 0. The van der Waals surface area contributed by atoms with Crippen molar-refractivity contribution in [3.63, 3.8) is 0 Å². The summed E-state index contributed by atoms with van der Waals surface area (Å²) in [5.74, 6) is 1.79. The highest BCUT2D eigenvalue weighted by molar-refractivity contribution is 5.34. The number of ether oxygens (including phenoxy) is 3. The number of hydrogen-bond donors (Lipinski definition) is 1. The molecule has 1 N–H and O–H groups in total. The van der Waals surface area contributed by atoms with Gasteiger partial charge in [-0.05, 0) is 68.2 Å². The molecule has 1 aliphatic rings. The number of aryl methyl sites for hydroxylation is 2. The molecule has 0 aliphatic carbocycles. The maximum Gasteiger partial charge on any atom is 0.122 e. The zero-order valence-corrected chi connectivity index (χ0v) is 21.4. The van der Waals surface area contributed by atoms with Gasteiger partial charge in [0, 0.05) is 0 Å². The largest absolute Gasteiger partial charge is 0.491 e. The van der Waals surface area contributed by atoms with Gasteiger partial charge >= 0.3 is 0 Å². The second-order valence-corrected chi connectivity index (χ2v) is 9.70. The third-order valence-electron chi connectivity index (χ3n) is 6.94. The first kappa shape index (κ1) is 27.3. The number of hydrogen-bond acceptors (Lipinski definition) is 4. The van der Waals surface area contributed by atoms with Crippen molar-refractivity contribution in [2.75, 3.05) is 26.4 Å². The summed E-state index contributed by atoms with van der Waals surface area (Å²) in [4.78, 5) is 0. The summed E-state index contributed by atoms with van der Waals surface area (Å²) >= 11 is 0. The van der Waals surface area contributed by atoms with E-state index in [2.05, 4.69) is 30.8 Å². The van der Waals surface area contributed by atoms with Gasteiger partial charge in [-0.2, -0.15) is 0 Å². The minimum atomic E-state index is -0.705. The molecule has 0 radical (unpaired) electrons. The van der Waals surface area contributed by atoms with Gasteiger partial charge in [-0.3, -0.25) is 0 Å². The first-order chi connectivity index (χ1) is 17.2. The molecule has 2 aromatic rings. The zero-order valence-electron chi connectivity index (χ0n) is 21.4. The molecular weight excluding hydrogens is 436 g/mol. The number of rotatable bonds is 9. The number of allylic oxidation sites excluding steroid dienone is 1. The fourth-order valence-corrected chi connectivity index (χ4v) is 4.79. The lowest BCUT2D eigenvalue weighted by Crippen LogP contribution is -2.30. The van der Waals surface area contributed by atoms with Gasteiger partial charge in [0.25, 0.3) is 0 Å². The second-order valence-electron chi connectivity index (χ2n) is 9.70. The van der Waals surface area contributed by atoms with Crippen LogP contribution in [0.1, 0.15) is 75.3 Å². The first-order valence-corrected chi connectivity index (χ1v) is 13.5. The fraction of sp³-hybridized carbons (Fsp3) is 0.548. The van der Waals surface area contributed by atoms with Gasteiger partial charge in [-0.25, -0.2) is 0 Å². The molecule has 0 aromatic heterocycles. The molecule has 0 spiro atoms. The summed E-state index contributed by atoms with van der Waals surface area (Å²) in [5, 5.41) is 11.8. The van der Waals surface area contributed by atoms with Crippen molar-refractivity contribution in [1.29, 1.82) is 0 Å². The molecule has 4 nitrogen and oxygen atoms in total. The van der Waals surface area contributed by atoms with Gasteiger partial charge < -0.3 is 19.3 Å². The summed E-state index contributed by atoms with van der Waals surface area (Å²) in [6, 6.07) is 16.4. The quantitative estimate of drug-likeness (QED) is 0.308. The number of benzene rings is 2. The smallest absolute Gasteiger partial charge is 0.122 e. The maximum absolute atomic E-state index is 11.8. The predicted molar refractivity (Wildman–Crippen MR) is 143 cm³/mol. The SMILES string of the molecule is C=CCCCCCCCCC1(O)CCc2ccccc2OCCOCCOc2ccccc2CC1. The predicted octanol–water partition coefficient (Wildman–Crippen LogP) is 7.08. The summed E-state index contributed by atoms with van der Waals surface area (Å²) < 4.78 is 17.7. The van der Waals surface area contributed by atoms with Gasteiger partial charge in [-0.1, -0.05) is 74.6 Å². The highest BCUT2D eigenvalue weighted by atomic mass is 16.5. The van der Waals surface area contributed by atoms with Gasteiger partial charge in [-0.15, -0.1) is 6.58 Å². The van der Waals surface area contributed by atoms with Gasteiger partial charge in [0.15, 0.2) is 0 Å². The average molecular weight is 481 g/mol. The van der Waals surface area contributed by atoms with Crippen molar-refractivity contribution in [2.24, 2.45) is 0 Å². The minimum Gasteiger partial charge on any atom is -0.491 e. The van der Waals surface area contributed by atoms with E-state index in [9.17, 15) is 5.11 Å². The van der Waals surface area contributed by atoms with Crippen LogP contribution < -0.4 is 9.47 Å². The third kappa shape index (κ3) is 10.1. The second kappa shape index (κ2) is 15.6. The Hall–Kier alpha value is -2.30. The van der Waals surface area contributed by atoms with Crippen molar-refractivity contribution in [3.8, 4) is 11.5 Å². The van der Waals surface area contributed by atoms with E-state index in [-0.39, 0.29) is 0 Å². The molecule has 0 atom stereocenters. The van der Waals surface area contributed by atoms with Crippen LogP contribution in [0.25, 0.3) is 0 Å². The molecule has 0 unspecified atom stereocenters. The fourth-order valence-electron chi connectivity index (χ4n) is 4.79. The summed E-state index contributed by atoms with van der Waals surface area (Å²) in [6.07, 6.45) is 14.3. The number of para-hydroxylation sites is 2. The van der Waals surface area contributed by atoms with E-state index in [1.807, 2.05) is 30.3 Å². The Morgan fingerprint density at radius 2 is 1.23 bits per heavy atom. The normalized spacial score (nSPS) is 16.8. The number of aliphatic hydroxyl groups is 1. The minimum absolute atomic E-state index is 0.505. The van der Waals surface area contributed by atoms with Crippen molar-refractivity contribution in [2.45, 2.75) is 82.7 Å². The molecule has 3 rings (SSSR count). The average Bonchev–Trinajstić information content (AvgIpc) is 2.88. The Morgan fingerprint density at radius 3 is 1.80 bits per heavy atom. The molecule has 0 fully saturated rings. The van der Waals surface area contributed by atoms with Crippen LogP contribution in [0.15, 0.2) is 61.2 Å². The Balaban J connectivity index is 1.65. The maximum atomic E-state index is 11.8. The van der Waals surface area contributed by atoms with Crippen LogP contribution in [0.2, 0.25) is 0 Å². The molecule has 192 valence electrons. The van der Waals surface area contributed by atoms with Gasteiger partial charge in [0.05, 0.1) is 18.8 Å². The topological polar surface area (TPSA) is 47.9 Å². The molecule has 0 saturated carbocycles. The highest BCUT2D eigenvalue weighted by Crippen LogP contribution is 2.31. The lowest BCUT2D eigenvalue weighted by atomic mass is 9.84. The molecule has 0 bridgehead atoms. The Bertz CT molecular complexity index is 807. The molecule has 0 saturated heterocycles. The summed E-state index contributed by atoms with van der Waals surface area (Å²) in [6.45, 7) is 5.86. The Kier molecular flexibility index (Phi) is 12.2. The lowest BCUT2D eigenvalue weighted by molar-refractivity contribution is 0.0118. The van der Waals surface area contributed by atoms with Crippen molar-refractivity contribution in [3.05, 3.63) is 72.3 Å². The van der Waals surface area contributed by atoms with Crippen LogP contribution in [0, 0.1) is 0 Å². The molecule has 1 aliphatic heterocycles. The van der Waals surface area contributed by atoms with Crippen LogP contribution in [-0.4, -0.2) is 37.1 Å². The van der Waals surface area contributed by atoms with E-state index in [1.54, 1.807) is 0 Å². The molecule has 1 heterocycles. The van der Waals surface area contributed by atoms with E-state index >= 15 is 0 Å². The number of fused-ring (bicyclic) bond motifs is 2. The van der Waals surface area contributed by atoms with Crippen LogP contribution in [0.4, 0.5) is 0 Å². The third-order valence-corrected chi connectivity index (χ3v) is 6.94. The highest BCUT2D eigenvalue weighted by Gasteiger charge is 2.27. The summed E-state index contributed by atoms with van der Waals surface area (Å²) in [5.41, 5.74) is 1.61. The number of unbranched alkanes of at least 4 members (excludes halogenated alkanes) is 6. The van der Waals surface area contributed by atoms with Crippen molar-refractivity contribution in [1.82, 2.24) is 0 Å². The lowest BCUT2D eigenvalue weighted by Gasteiger charge is -2.29. The van der Waals surface area contributed by atoms with Crippen molar-refractivity contribution < 1.29 is 19.3 Å². The Morgan fingerprint density at radius 1 is 0.714 bits per heavy atom. The van der Waals surface area contributed by atoms with E-state index in [0.29, 0.717) is 26.4 Å². The van der Waals surface area contributed by atoms with E-state index in [1.165, 1.54) is 32.1 Å². The van der Waals surface area contributed by atoms with Crippen LogP contribution in [0.3, 0.4) is 0 Å². The van der Waals surface area contributed by atoms with E-state index in [4.69, 9.17) is 14.2 Å². The molecule has 35 heavy (non-hydrogen) atoms. The van der Waals surface area contributed by atoms with Crippen LogP contribution in [0.5, 0.6) is 11.5 Å². The van der Waals surface area contributed by atoms with Gasteiger partial charge in [0.2, 0.25) is 0 Å². The monoisotopic (exact) mass is 480 g/mol. The van der Waals surface area contributed by atoms with E-state index < -0.39 is 5.60 Å². The molecular formula is C31H44O4. The van der Waals surface area contributed by atoms with Crippen LogP contribution in [-0.2, 0) is 17.6 Å². The van der Waals surface area contributed by atoms with Gasteiger partial charge in [0.1, 0.15) is 24.7 Å². The molecule has 4 heteroatoms. The molecule has 2 aromatic carbocycles.